The van der Waals surface area contributed by atoms with Crippen LogP contribution in [-0.4, -0.2) is 25.3 Å². The fourth-order valence-corrected chi connectivity index (χ4v) is 2.82. The Balaban J connectivity index is 2.04. The molecule has 1 fully saturated rings. The maximum Gasteiger partial charge on any atom is 0.161 e. The summed E-state index contributed by atoms with van der Waals surface area (Å²) in [6.45, 7) is 5.00. The molecule has 0 saturated heterocycles. The van der Waals surface area contributed by atoms with E-state index in [1.165, 1.54) is 0 Å². The van der Waals surface area contributed by atoms with Gasteiger partial charge in [0, 0.05) is 6.42 Å². The molecule has 2 unspecified atom stereocenters. The van der Waals surface area contributed by atoms with Crippen LogP contribution in [0.5, 0.6) is 11.5 Å². The van der Waals surface area contributed by atoms with E-state index in [4.69, 9.17) is 9.47 Å². The molecule has 21 heavy (non-hydrogen) atoms. The molecule has 2 atom stereocenters. The molecule has 0 radical (unpaired) electrons. The zero-order chi connectivity index (χ0) is 15.3. The van der Waals surface area contributed by atoms with E-state index in [0.717, 1.165) is 49.3 Å². The lowest BCUT2D eigenvalue weighted by atomic mass is 9.99. The molecule has 0 spiro atoms. The third-order valence-corrected chi connectivity index (χ3v) is 4.01. The molecular formula is C17H24N2O2. The summed E-state index contributed by atoms with van der Waals surface area (Å²) in [5.41, 5.74) is 0.708. The van der Waals surface area contributed by atoms with E-state index >= 15 is 0 Å². The van der Waals surface area contributed by atoms with Gasteiger partial charge in [0.05, 0.1) is 13.2 Å². The molecule has 4 heteroatoms. The van der Waals surface area contributed by atoms with E-state index in [2.05, 4.69) is 18.3 Å². The first-order chi connectivity index (χ1) is 10.1. The number of rotatable bonds is 6. The van der Waals surface area contributed by atoms with Crippen LogP contribution in [-0.2, 0) is 0 Å². The number of nitrogens with one attached hydrogen (secondary N) is 1. The van der Waals surface area contributed by atoms with E-state index < -0.39 is 5.54 Å². The van der Waals surface area contributed by atoms with Crippen molar-refractivity contribution in [1.82, 2.24) is 5.32 Å². The molecule has 1 aliphatic carbocycles. The molecule has 0 bridgehead atoms. The third-order valence-electron chi connectivity index (χ3n) is 4.01. The molecule has 1 aromatic carbocycles. The maximum atomic E-state index is 9.47. The molecule has 1 N–H and O–H groups in total. The van der Waals surface area contributed by atoms with Crippen LogP contribution in [0.15, 0.2) is 18.2 Å². The molecule has 0 heterocycles. The number of nitrogens with zero attached hydrogens (tertiary/aromatic N) is 1. The van der Waals surface area contributed by atoms with Crippen molar-refractivity contribution in [3.05, 3.63) is 23.8 Å². The van der Waals surface area contributed by atoms with Gasteiger partial charge < -0.3 is 9.47 Å². The summed E-state index contributed by atoms with van der Waals surface area (Å²) >= 11 is 0. The number of aryl methyl sites for hydroxylation is 1. The summed E-state index contributed by atoms with van der Waals surface area (Å²) < 4.78 is 11.4. The number of hydrogen-bond donors (Lipinski definition) is 1. The largest absolute Gasteiger partial charge is 0.493 e. The minimum atomic E-state index is -0.432. The van der Waals surface area contributed by atoms with Gasteiger partial charge in [0.2, 0.25) is 0 Å². The lowest BCUT2D eigenvalue weighted by Gasteiger charge is -2.23. The van der Waals surface area contributed by atoms with Gasteiger partial charge in [-0.25, -0.2) is 0 Å². The van der Waals surface area contributed by atoms with Gasteiger partial charge >= 0.3 is 0 Å². The summed E-state index contributed by atoms with van der Waals surface area (Å²) in [7, 11) is 1.65. The Morgan fingerprint density at radius 3 is 2.90 bits per heavy atom. The number of methoxy groups -OCH3 is 1. The Morgan fingerprint density at radius 1 is 1.43 bits per heavy atom. The highest BCUT2D eigenvalue weighted by Crippen LogP contribution is 2.35. The second kappa shape index (κ2) is 6.82. The van der Waals surface area contributed by atoms with E-state index in [-0.39, 0.29) is 6.10 Å². The predicted octanol–water partition coefficient (Wildman–Crippen LogP) is 3.20. The lowest BCUT2D eigenvalue weighted by Crippen LogP contribution is -2.42. The van der Waals surface area contributed by atoms with Gasteiger partial charge in [0.1, 0.15) is 11.6 Å². The highest BCUT2D eigenvalue weighted by Gasteiger charge is 2.40. The molecule has 0 amide bonds. The molecule has 114 valence electrons. The second-order valence-electron chi connectivity index (χ2n) is 5.76. The smallest absolute Gasteiger partial charge is 0.161 e. The van der Waals surface area contributed by atoms with Crippen molar-refractivity contribution < 1.29 is 9.47 Å². The summed E-state index contributed by atoms with van der Waals surface area (Å²) in [5, 5.41) is 12.8. The van der Waals surface area contributed by atoms with E-state index in [9.17, 15) is 5.26 Å². The Kier molecular flexibility index (Phi) is 5.08. The molecule has 2 rings (SSSR count). The number of benzene rings is 1. The molecule has 1 aromatic rings. The fraction of sp³-hybridized carbons (Fsp3) is 0.588. The molecule has 0 aliphatic heterocycles. The first-order valence-electron chi connectivity index (χ1n) is 7.60. The Bertz CT molecular complexity index is 524. The first kappa shape index (κ1) is 15.7. The first-order valence-corrected chi connectivity index (χ1v) is 7.60. The van der Waals surface area contributed by atoms with E-state index in [1.807, 2.05) is 25.1 Å². The van der Waals surface area contributed by atoms with Crippen molar-refractivity contribution in [2.45, 2.75) is 51.2 Å². The van der Waals surface area contributed by atoms with E-state index in [1.54, 1.807) is 7.11 Å². The number of hydrogen-bond acceptors (Lipinski definition) is 4. The van der Waals surface area contributed by atoms with Gasteiger partial charge in [-0.2, -0.15) is 5.26 Å². The van der Waals surface area contributed by atoms with Gasteiger partial charge in [-0.05, 0) is 50.4 Å². The summed E-state index contributed by atoms with van der Waals surface area (Å²) in [6, 6.07) is 8.37. The van der Waals surface area contributed by atoms with Crippen LogP contribution >= 0.6 is 0 Å². The molecule has 1 saturated carbocycles. The number of nitriles is 1. The Labute approximate surface area is 127 Å². The molecular weight excluding hydrogens is 264 g/mol. The average Bonchev–Trinajstić information content (AvgIpc) is 2.91. The van der Waals surface area contributed by atoms with Gasteiger partial charge in [0.25, 0.3) is 0 Å². The highest BCUT2D eigenvalue weighted by atomic mass is 16.5. The monoisotopic (exact) mass is 288 g/mol. The Hall–Kier alpha value is -1.73. The average molecular weight is 288 g/mol. The van der Waals surface area contributed by atoms with Crippen LogP contribution in [0.2, 0.25) is 0 Å². The van der Waals surface area contributed by atoms with Crippen LogP contribution in [0.1, 0.15) is 38.2 Å². The molecule has 4 nitrogen and oxygen atoms in total. The van der Waals surface area contributed by atoms with Gasteiger partial charge in [-0.3, -0.25) is 5.32 Å². The number of ether oxygens (including phenoxy) is 2. The van der Waals surface area contributed by atoms with Crippen LogP contribution < -0.4 is 14.8 Å². The third kappa shape index (κ3) is 3.68. The van der Waals surface area contributed by atoms with Crippen LogP contribution in [0.25, 0.3) is 0 Å². The van der Waals surface area contributed by atoms with Crippen molar-refractivity contribution in [2.24, 2.45) is 0 Å². The topological polar surface area (TPSA) is 54.3 Å². The fourth-order valence-electron chi connectivity index (χ4n) is 2.82. The summed E-state index contributed by atoms with van der Waals surface area (Å²) in [6.07, 6.45) is 3.54. The molecule has 1 aliphatic rings. The van der Waals surface area contributed by atoms with Crippen molar-refractivity contribution in [3.8, 4) is 17.6 Å². The quantitative estimate of drug-likeness (QED) is 0.873. The standard InChI is InChI=1S/C17H24N2O2/c1-4-9-19-17(12-18)8-7-14(11-17)21-15-6-5-13(2)10-16(15)20-3/h5-6,10,14,19H,4,7-9,11H2,1-3H3. The SMILES string of the molecule is CCCNC1(C#N)CCC(Oc2ccc(C)cc2OC)C1. The highest BCUT2D eigenvalue weighted by molar-refractivity contribution is 5.42. The normalized spacial score (nSPS) is 24.6. The predicted molar refractivity (Wildman–Crippen MR) is 82.6 cm³/mol. The van der Waals surface area contributed by atoms with Crippen molar-refractivity contribution >= 4 is 0 Å². The zero-order valence-corrected chi connectivity index (χ0v) is 13.1. The van der Waals surface area contributed by atoms with Crippen LogP contribution in [0.3, 0.4) is 0 Å². The minimum Gasteiger partial charge on any atom is -0.493 e. The maximum absolute atomic E-state index is 9.47. The summed E-state index contributed by atoms with van der Waals surface area (Å²) in [4.78, 5) is 0. The van der Waals surface area contributed by atoms with Gasteiger partial charge in [-0.15, -0.1) is 0 Å². The Morgan fingerprint density at radius 2 is 2.24 bits per heavy atom. The van der Waals surface area contributed by atoms with Crippen LogP contribution in [0.4, 0.5) is 0 Å². The minimum absolute atomic E-state index is 0.0608. The van der Waals surface area contributed by atoms with Gasteiger partial charge in [0.15, 0.2) is 11.5 Å². The lowest BCUT2D eigenvalue weighted by molar-refractivity contribution is 0.192. The zero-order valence-electron chi connectivity index (χ0n) is 13.1. The van der Waals surface area contributed by atoms with Crippen molar-refractivity contribution in [2.75, 3.05) is 13.7 Å². The van der Waals surface area contributed by atoms with Crippen molar-refractivity contribution in [3.63, 3.8) is 0 Å². The second-order valence-corrected chi connectivity index (χ2v) is 5.76. The summed E-state index contributed by atoms with van der Waals surface area (Å²) in [5.74, 6) is 1.52. The van der Waals surface area contributed by atoms with Crippen LogP contribution in [0, 0.1) is 18.3 Å². The van der Waals surface area contributed by atoms with Gasteiger partial charge in [-0.1, -0.05) is 13.0 Å². The molecule has 0 aromatic heterocycles. The van der Waals surface area contributed by atoms with E-state index in [0.29, 0.717) is 0 Å². The van der Waals surface area contributed by atoms with Crippen molar-refractivity contribution in [1.29, 1.82) is 5.26 Å².